The fourth-order valence-electron chi connectivity index (χ4n) is 4.25. The van der Waals surface area contributed by atoms with Crippen LogP contribution in [0.5, 0.6) is 0 Å². The van der Waals surface area contributed by atoms with Crippen LogP contribution in [0.2, 0.25) is 0 Å². The summed E-state index contributed by atoms with van der Waals surface area (Å²) in [5, 5.41) is 20.5. The highest BCUT2D eigenvalue weighted by atomic mass is 16.8. The lowest BCUT2D eigenvalue weighted by Gasteiger charge is -2.39. The second-order valence-electron chi connectivity index (χ2n) is 9.01. The zero-order valence-electron chi connectivity index (χ0n) is 17.6. The van der Waals surface area contributed by atoms with Crippen LogP contribution in [0.3, 0.4) is 0 Å². The van der Waals surface area contributed by atoms with Crippen LogP contribution in [-0.4, -0.2) is 51.8 Å². The third-order valence-electron chi connectivity index (χ3n) is 6.10. The molecule has 1 saturated heterocycles. The molecule has 1 aliphatic carbocycles. The summed E-state index contributed by atoms with van der Waals surface area (Å²) in [6.07, 6.45) is 6.61. The molecule has 3 aliphatic rings. The summed E-state index contributed by atoms with van der Waals surface area (Å²) in [5.74, 6) is -0.697. The van der Waals surface area contributed by atoms with Gasteiger partial charge in [-0.3, -0.25) is 4.79 Å². The predicted octanol–water partition coefficient (Wildman–Crippen LogP) is 2.65. The van der Waals surface area contributed by atoms with Crippen molar-refractivity contribution in [1.82, 2.24) is 0 Å². The van der Waals surface area contributed by atoms with Crippen LogP contribution >= 0.6 is 0 Å². The maximum absolute atomic E-state index is 12.1. The van der Waals surface area contributed by atoms with Crippen molar-refractivity contribution in [3.05, 3.63) is 35.6 Å². The van der Waals surface area contributed by atoms with Gasteiger partial charge in [-0.05, 0) is 63.5 Å². The molecule has 0 amide bonds. The molecule has 1 fully saturated rings. The Balaban J connectivity index is 1.85. The van der Waals surface area contributed by atoms with Crippen molar-refractivity contribution in [2.75, 3.05) is 6.61 Å². The minimum Gasteiger partial charge on any atom is -0.493 e. The van der Waals surface area contributed by atoms with Gasteiger partial charge in [-0.1, -0.05) is 20.3 Å². The number of allylic oxidation sites excluding steroid dienone is 2. The van der Waals surface area contributed by atoms with E-state index in [0.717, 1.165) is 6.42 Å². The molecule has 0 aromatic rings. The Kier molecular flexibility index (Phi) is 5.38. The molecule has 0 spiro atoms. The lowest BCUT2D eigenvalue weighted by atomic mass is 9.75. The normalized spacial score (nSPS) is 41.3. The van der Waals surface area contributed by atoms with E-state index in [0.29, 0.717) is 17.3 Å². The number of hydrogen-bond acceptors (Lipinski definition) is 6. The van der Waals surface area contributed by atoms with Gasteiger partial charge in [0.05, 0.1) is 18.8 Å². The third-order valence-corrected chi connectivity index (χ3v) is 6.10. The third kappa shape index (κ3) is 3.71. The van der Waals surface area contributed by atoms with Crippen LogP contribution < -0.4 is 0 Å². The smallest absolute Gasteiger partial charge is 0.189 e. The first-order chi connectivity index (χ1) is 12.9. The lowest BCUT2D eigenvalue weighted by molar-refractivity contribution is -0.156. The van der Waals surface area contributed by atoms with Crippen LogP contribution in [0, 0.1) is 11.8 Å². The number of hydrogen-bond donors (Lipinski definition) is 2. The molecule has 6 nitrogen and oxygen atoms in total. The van der Waals surface area contributed by atoms with Crippen molar-refractivity contribution in [3.63, 3.8) is 0 Å². The van der Waals surface area contributed by atoms with Gasteiger partial charge in [0.15, 0.2) is 17.2 Å². The van der Waals surface area contributed by atoms with Gasteiger partial charge in [0.2, 0.25) is 0 Å². The number of ketones is 1. The predicted molar refractivity (Wildman–Crippen MR) is 104 cm³/mol. The Morgan fingerprint density at radius 1 is 1.29 bits per heavy atom. The molecule has 2 N–H and O–H groups in total. The Morgan fingerprint density at radius 3 is 2.61 bits per heavy atom. The minimum absolute atomic E-state index is 0.0897. The maximum Gasteiger partial charge on any atom is 0.189 e. The van der Waals surface area contributed by atoms with Gasteiger partial charge in [0.1, 0.15) is 11.4 Å². The average molecular weight is 392 g/mol. The van der Waals surface area contributed by atoms with E-state index in [9.17, 15) is 15.0 Å². The Bertz CT molecular complexity index is 731. The van der Waals surface area contributed by atoms with Crippen LogP contribution in [0.1, 0.15) is 48.0 Å². The average Bonchev–Trinajstić information content (AvgIpc) is 2.87. The van der Waals surface area contributed by atoms with Gasteiger partial charge in [-0.25, -0.2) is 0 Å². The first-order valence-corrected chi connectivity index (χ1v) is 9.98. The van der Waals surface area contributed by atoms with Crippen molar-refractivity contribution < 1.29 is 29.2 Å². The van der Waals surface area contributed by atoms with Gasteiger partial charge in [0.25, 0.3) is 0 Å². The first kappa shape index (κ1) is 21.2. The van der Waals surface area contributed by atoms with Crippen LogP contribution in [0.4, 0.5) is 0 Å². The molecule has 0 aromatic heterocycles. The lowest BCUT2D eigenvalue weighted by Crippen LogP contribution is -2.54. The quantitative estimate of drug-likeness (QED) is 0.765. The molecule has 0 bridgehead atoms. The van der Waals surface area contributed by atoms with E-state index < -0.39 is 34.8 Å². The van der Waals surface area contributed by atoms with Gasteiger partial charge in [-0.2, -0.15) is 0 Å². The molecular formula is C22H32O6. The van der Waals surface area contributed by atoms with E-state index in [-0.39, 0.29) is 12.7 Å². The number of carbonyl (C=O) groups excluding carboxylic acids is 1. The second-order valence-corrected chi connectivity index (χ2v) is 9.01. The van der Waals surface area contributed by atoms with Crippen LogP contribution in [0.25, 0.3) is 0 Å². The van der Waals surface area contributed by atoms with E-state index >= 15 is 0 Å². The fraction of sp³-hybridized carbons (Fsp3) is 0.682. The van der Waals surface area contributed by atoms with Crippen LogP contribution in [0.15, 0.2) is 35.6 Å². The van der Waals surface area contributed by atoms with Gasteiger partial charge in [-0.15, -0.1) is 0 Å². The van der Waals surface area contributed by atoms with Crippen molar-refractivity contribution in [2.24, 2.45) is 11.8 Å². The van der Waals surface area contributed by atoms with Crippen molar-refractivity contribution >= 4 is 5.78 Å². The molecule has 3 rings (SSSR count). The summed E-state index contributed by atoms with van der Waals surface area (Å²) in [6, 6.07) is 0. The molecule has 0 aromatic carbocycles. The van der Waals surface area contributed by atoms with Gasteiger partial charge >= 0.3 is 0 Å². The summed E-state index contributed by atoms with van der Waals surface area (Å²) in [5.41, 5.74) is -1.72. The number of aliphatic hydroxyl groups excluding tert-OH is 1. The summed E-state index contributed by atoms with van der Waals surface area (Å²) in [7, 11) is 0. The van der Waals surface area contributed by atoms with Crippen LogP contribution in [-0.2, 0) is 19.0 Å². The number of aliphatic hydroxyl groups is 2. The fourth-order valence-corrected chi connectivity index (χ4v) is 4.25. The molecule has 0 unspecified atom stereocenters. The van der Waals surface area contributed by atoms with Crippen molar-refractivity contribution in [2.45, 2.75) is 77.2 Å². The molecule has 2 heterocycles. The summed E-state index contributed by atoms with van der Waals surface area (Å²) in [6.45, 7) is 11.6. The topological polar surface area (TPSA) is 85.2 Å². The van der Waals surface area contributed by atoms with E-state index in [4.69, 9.17) is 14.2 Å². The monoisotopic (exact) mass is 392 g/mol. The highest BCUT2D eigenvalue weighted by molar-refractivity contribution is 5.99. The minimum atomic E-state index is -1.78. The largest absolute Gasteiger partial charge is 0.493 e. The first-order valence-electron chi connectivity index (χ1n) is 9.98. The maximum atomic E-state index is 12.1. The highest BCUT2D eigenvalue weighted by Gasteiger charge is 2.51. The summed E-state index contributed by atoms with van der Waals surface area (Å²) >= 11 is 0. The van der Waals surface area contributed by atoms with Gasteiger partial charge in [0, 0.05) is 5.92 Å². The molecule has 156 valence electrons. The van der Waals surface area contributed by atoms with Gasteiger partial charge < -0.3 is 24.4 Å². The zero-order chi connectivity index (χ0) is 20.9. The SMILES string of the molecule is CC[C@H](C)[C@@H]1OC(C)(C)O[C@@]1(C)C=CC1=CC2=CC(=O)[C@](C)(O)[C@H](O)[C@H]2CO1. The zero-order valence-corrected chi connectivity index (χ0v) is 17.6. The Labute approximate surface area is 166 Å². The van der Waals surface area contributed by atoms with E-state index in [1.807, 2.05) is 32.9 Å². The molecule has 0 saturated carbocycles. The number of fused-ring (bicyclic) bond motifs is 1. The molecule has 28 heavy (non-hydrogen) atoms. The summed E-state index contributed by atoms with van der Waals surface area (Å²) in [4.78, 5) is 12.1. The second kappa shape index (κ2) is 7.10. The number of carbonyl (C=O) groups is 1. The Hall–Kier alpha value is -1.47. The van der Waals surface area contributed by atoms with E-state index in [1.54, 1.807) is 6.08 Å². The van der Waals surface area contributed by atoms with Crippen molar-refractivity contribution in [3.8, 4) is 0 Å². The number of ether oxygens (including phenoxy) is 3. The van der Waals surface area contributed by atoms with Crippen molar-refractivity contribution in [1.29, 1.82) is 0 Å². The summed E-state index contributed by atoms with van der Waals surface area (Å²) < 4.78 is 18.1. The standard InChI is InChI=1S/C22H32O6/c1-7-13(2)19-21(5,28-20(3,4)27-19)9-8-15-10-14-11-17(23)22(6,25)18(24)16(14)12-26-15/h8-11,13,16,18-19,24-25H,7,12H2,1-6H3/t13-,16-,18+,19-,21-,22-/m0/s1. The number of rotatable bonds is 4. The molecule has 6 atom stereocenters. The van der Waals surface area contributed by atoms with E-state index in [2.05, 4.69) is 13.8 Å². The molecule has 0 radical (unpaired) electrons. The van der Waals surface area contributed by atoms with E-state index in [1.165, 1.54) is 13.0 Å². The Morgan fingerprint density at radius 2 is 1.96 bits per heavy atom. The molecular weight excluding hydrogens is 360 g/mol. The molecule has 6 heteroatoms. The highest BCUT2D eigenvalue weighted by Crippen LogP contribution is 2.42. The molecule has 2 aliphatic heterocycles.